The summed E-state index contributed by atoms with van der Waals surface area (Å²) in [7, 11) is 0. The van der Waals surface area contributed by atoms with Crippen LogP contribution in [0.2, 0.25) is 0 Å². The van der Waals surface area contributed by atoms with Gasteiger partial charge in [0.2, 0.25) is 0 Å². The van der Waals surface area contributed by atoms with Crippen molar-refractivity contribution in [2.45, 2.75) is 41.0 Å². The first-order chi connectivity index (χ1) is 12.4. The number of anilines is 1. The zero-order chi connectivity index (χ0) is 18.4. The lowest BCUT2D eigenvalue weighted by Gasteiger charge is -2.36. The van der Waals surface area contributed by atoms with Crippen LogP contribution in [-0.4, -0.2) is 27.7 Å². The molecule has 1 fully saturated rings. The van der Waals surface area contributed by atoms with Crippen molar-refractivity contribution in [1.29, 1.82) is 0 Å². The van der Waals surface area contributed by atoms with Gasteiger partial charge in [-0.05, 0) is 44.6 Å². The van der Waals surface area contributed by atoms with E-state index in [0.29, 0.717) is 11.8 Å². The molecule has 3 aromatic rings. The van der Waals surface area contributed by atoms with E-state index in [2.05, 4.69) is 74.4 Å². The van der Waals surface area contributed by atoms with Gasteiger partial charge in [0.1, 0.15) is 5.82 Å². The van der Waals surface area contributed by atoms with E-state index in [1.165, 1.54) is 23.4 Å². The van der Waals surface area contributed by atoms with E-state index < -0.39 is 0 Å². The lowest BCUT2D eigenvalue weighted by molar-refractivity contribution is 0.354. The summed E-state index contributed by atoms with van der Waals surface area (Å²) in [5.74, 6) is 2.58. The first-order valence-corrected chi connectivity index (χ1v) is 9.61. The van der Waals surface area contributed by atoms with Gasteiger partial charge < -0.3 is 4.90 Å². The Morgan fingerprint density at radius 3 is 2.27 bits per heavy atom. The highest BCUT2D eigenvalue weighted by Crippen LogP contribution is 2.32. The number of aryl methyl sites for hydroxylation is 3. The van der Waals surface area contributed by atoms with Gasteiger partial charge >= 0.3 is 0 Å². The van der Waals surface area contributed by atoms with Crippen molar-refractivity contribution in [3.05, 3.63) is 47.3 Å². The molecule has 0 spiro atoms. The minimum absolute atomic E-state index is 0.704. The zero-order valence-corrected chi connectivity index (χ0v) is 16.5. The second kappa shape index (κ2) is 6.42. The van der Waals surface area contributed by atoms with E-state index in [0.717, 1.165) is 35.7 Å². The Bertz CT molecular complexity index is 929. The highest BCUT2D eigenvalue weighted by Gasteiger charge is 2.25. The van der Waals surface area contributed by atoms with Crippen molar-refractivity contribution < 1.29 is 0 Å². The highest BCUT2D eigenvalue weighted by atomic mass is 15.4. The van der Waals surface area contributed by atoms with E-state index in [9.17, 15) is 0 Å². The summed E-state index contributed by atoms with van der Waals surface area (Å²) in [6.07, 6.45) is 1.30. The molecule has 0 aliphatic carbocycles. The predicted molar refractivity (Wildman–Crippen MR) is 108 cm³/mol. The van der Waals surface area contributed by atoms with Crippen molar-refractivity contribution in [2.75, 3.05) is 18.0 Å². The molecular formula is C22H28N4. The number of fused-ring (bicyclic) bond motifs is 1. The Balaban J connectivity index is 1.88. The maximum atomic E-state index is 4.89. The maximum Gasteiger partial charge on any atom is 0.165 e. The van der Waals surface area contributed by atoms with Crippen LogP contribution in [-0.2, 0) is 0 Å². The Morgan fingerprint density at radius 2 is 1.62 bits per heavy atom. The fraction of sp³-hybridized carbons (Fsp3) is 0.455. The monoisotopic (exact) mass is 348 g/mol. The molecule has 4 nitrogen and oxygen atoms in total. The minimum atomic E-state index is 0.704. The molecule has 1 saturated heterocycles. The van der Waals surface area contributed by atoms with Gasteiger partial charge in [0, 0.05) is 30.4 Å². The molecule has 0 amide bonds. The van der Waals surface area contributed by atoms with E-state index in [-0.39, 0.29) is 0 Å². The second-order valence-electron chi connectivity index (χ2n) is 8.17. The smallest absolute Gasteiger partial charge is 0.165 e. The summed E-state index contributed by atoms with van der Waals surface area (Å²) >= 11 is 0. The summed E-state index contributed by atoms with van der Waals surface area (Å²) < 4.78 is 2.06. The standard InChI is InChI=1S/C22H28N4/c1-14-6-8-19(9-7-14)21-18(5)24-26-20(11-17(4)23-22(21)26)25-12-15(2)10-16(3)13-25/h6-9,11,15-16H,10,12-13H2,1-5H3/t15-,16-/m0/s1. The van der Waals surface area contributed by atoms with Crippen LogP contribution in [0.1, 0.15) is 37.2 Å². The van der Waals surface area contributed by atoms with Crippen LogP contribution in [0.3, 0.4) is 0 Å². The van der Waals surface area contributed by atoms with Crippen LogP contribution >= 0.6 is 0 Å². The summed E-state index contributed by atoms with van der Waals surface area (Å²) in [5, 5.41) is 4.89. The molecule has 0 radical (unpaired) electrons. The van der Waals surface area contributed by atoms with Gasteiger partial charge in [-0.3, -0.25) is 0 Å². The van der Waals surface area contributed by atoms with E-state index in [1.807, 2.05) is 0 Å². The van der Waals surface area contributed by atoms with Crippen molar-refractivity contribution in [3.8, 4) is 11.1 Å². The topological polar surface area (TPSA) is 33.4 Å². The van der Waals surface area contributed by atoms with E-state index >= 15 is 0 Å². The number of piperidine rings is 1. The molecule has 0 bridgehead atoms. The molecule has 2 atom stereocenters. The molecule has 4 heteroatoms. The van der Waals surface area contributed by atoms with Crippen LogP contribution in [0.4, 0.5) is 5.82 Å². The normalized spacial score (nSPS) is 20.7. The summed E-state index contributed by atoms with van der Waals surface area (Å²) in [6, 6.07) is 10.8. The third kappa shape index (κ3) is 2.98. The second-order valence-corrected chi connectivity index (χ2v) is 8.17. The molecule has 1 aliphatic heterocycles. The van der Waals surface area contributed by atoms with Gasteiger partial charge in [-0.1, -0.05) is 43.7 Å². The molecule has 1 aromatic carbocycles. The Labute approximate surface area is 155 Å². The fourth-order valence-corrected chi connectivity index (χ4v) is 4.36. The van der Waals surface area contributed by atoms with Gasteiger partial charge in [-0.2, -0.15) is 9.61 Å². The number of aromatic nitrogens is 3. The number of rotatable bonds is 2. The first kappa shape index (κ1) is 17.1. The number of nitrogens with zero attached hydrogens (tertiary/aromatic N) is 4. The number of hydrogen-bond acceptors (Lipinski definition) is 3. The molecule has 136 valence electrons. The summed E-state index contributed by atoms with van der Waals surface area (Å²) in [4.78, 5) is 7.35. The molecular weight excluding hydrogens is 320 g/mol. The van der Waals surface area contributed by atoms with Crippen LogP contribution in [0, 0.1) is 32.6 Å². The molecule has 1 aliphatic rings. The molecule has 4 rings (SSSR count). The Morgan fingerprint density at radius 1 is 0.962 bits per heavy atom. The van der Waals surface area contributed by atoms with Crippen LogP contribution < -0.4 is 4.90 Å². The SMILES string of the molecule is Cc1ccc(-c2c(C)nn3c(N4C[C@@H](C)C[C@H](C)C4)cc(C)nc23)cc1. The third-order valence-corrected chi connectivity index (χ3v) is 5.41. The highest BCUT2D eigenvalue weighted by molar-refractivity contribution is 5.81. The average Bonchev–Trinajstić information content (AvgIpc) is 2.90. The summed E-state index contributed by atoms with van der Waals surface area (Å²) in [5.41, 5.74) is 6.65. The van der Waals surface area contributed by atoms with Crippen molar-refractivity contribution in [2.24, 2.45) is 11.8 Å². The Kier molecular flexibility index (Phi) is 4.22. The average molecular weight is 348 g/mol. The van der Waals surface area contributed by atoms with Gasteiger partial charge in [-0.15, -0.1) is 0 Å². The van der Waals surface area contributed by atoms with Crippen molar-refractivity contribution >= 4 is 11.5 Å². The van der Waals surface area contributed by atoms with Gasteiger partial charge in [-0.25, -0.2) is 4.98 Å². The van der Waals surface area contributed by atoms with E-state index in [1.54, 1.807) is 0 Å². The van der Waals surface area contributed by atoms with Crippen LogP contribution in [0.25, 0.3) is 16.8 Å². The molecule has 3 heterocycles. The van der Waals surface area contributed by atoms with Crippen molar-refractivity contribution in [1.82, 2.24) is 14.6 Å². The summed E-state index contributed by atoms with van der Waals surface area (Å²) in [6.45, 7) is 13.2. The third-order valence-electron chi connectivity index (χ3n) is 5.41. The molecule has 0 saturated carbocycles. The predicted octanol–water partition coefficient (Wildman–Crippen LogP) is 4.80. The molecule has 26 heavy (non-hydrogen) atoms. The Hall–Kier alpha value is -2.36. The lowest BCUT2D eigenvalue weighted by atomic mass is 9.92. The molecule has 0 unspecified atom stereocenters. The zero-order valence-electron chi connectivity index (χ0n) is 16.5. The van der Waals surface area contributed by atoms with Crippen molar-refractivity contribution in [3.63, 3.8) is 0 Å². The molecule has 0 N–H and O–H groups in total. The first-order valence-electron chi connectivity index (χ1n) is 9.61. The number of hydrogen-bond donors (Lipinski definition) is 0. The van der Waals surface area contributed by atoms with Crippen LogP contribution in [0.5, 0.6) is 0 Å². The van der Waals surface area contributed by atoms with E-state index in [4.69, 9.17) is 10.1 Å². The maximum absolute atomic E-state index is 4.89. The van der Waals surface area contributed by atoms with Crippen LogP contribution in [0.15, 0.2) is 30.3 Å². The van der Waals surface area contributed by atoms with Gasteiger partial charge in [0.25, 0.3) is 0 Å². The van der Waals surface area contributed by atoms with Gasteiger partial charge in [0.15, 0.2) is 5.65 Å². The fourth-order valence-electron chi connectivity index (χ4n) is 4.36. The molecule has 2 aromatic heterocycles. The quantitative estimate of drug-likeness (QED) is 0.667. The minimum Gasteiger partial charge on any atom is -0.356 e. The largest absolute Gasteiger partial charge is 0.356 e. The number of benzene rings is 1. The lowest BCUT2D eigenvalue weighted by Crippen LogP contribution is -2.39. The van der Waals surface area contributed by atoms with Gasteiger partial charge in [0.05, 0.1) is 5.69 Å².